The highest BCUT2D eigenvalue weighted by Crippen LogP contribution is 2.35. The molecule has 6 heteroatoms. The van der Waals surface area contributed by atoms with Gasteiger partial charge in [-0.2, -0.15) is 0 Å². The number of nitrogen functional groups attached to an aromatic ring is 1. The fraction of sp³-hybridized carbons (Fsp3) is 0.421. The van der Waals surface area contributed by atoms with Crippen LogP contribution >= 0.6 is 0 Å². The number of anilines is 1. The van der Waals surface area contributed by atoms with Crippen molar-refractivity contribution in [1.82, 2.24) is 4.98 Å². The van der Waals surface area contributed by atoms with E-state index in [0.717, 1.165) is 48.9 Å². The summed E-state index contributed by atoms with van der Waals surface area (Å²) < 4.78 is 16.6. The number of rotatable bonds is 8. The van der Waals surface area contributed by atoms with Gasteiger partial charge in [-0.1, -0.05) is 12.1 Å². The Morgan fingerprint density at radius 1 is 1.16 bits per heavy atom. The maximum Gasteiger partial charge on any atom is 0.213 e. The molecule has 0 saturated carbocycles. The van der Waals surface area contributed by atoms with Crippen molar-refractivity contribution in [2.24, 2.45) is 5.14 Å². The molecule has 3 rings (SSSR count). The molecule has 0 fully saturated rings. The van der Waals surface area contributed by atoms with E-state index >= 15 is 0 Å². The van der Waals surface area contributed by atoms with E-state index in [1.807, 2.05) is 12.1 Å². The van der Waals surface area contributed by atoms with Crippen LogP contribution in [0.25, 0.3) is 11.1 Å². The van der Waals surface area contributed by atoms with Gasteiger partial charge < -0.3 is 10.5 Å². The summed E-state index contributed by atoms with van der Waals surface area (Å²) >= 11 is 0. The van der Waals surface area contributed by atoms with Crippen molar-refractivity contribution in [1.29, 1.82) is 0 Å². The van der Waals surface area contributed by atoms with Crippen molar-refractivity contribution in [2.45, 2.75) is 38.5 Å². The second kappa shape index (κ2) is 8.45. The van der Waals surface area contributed by atoms with Crippen LogP contribution in [0.4, 0.5) is 5.69 Å². The summed E-state index contributed by atoms with van der Waals surface area (Å²) in [6.07, 6.45) is 7.83. The van der Waals surface area contributed by atoms with E-state index in [1.54, 1.807) is 6.20 Å². The Kier molecular flexibility index (Phi) is 6.04. The van der Waals surface area contributed by atoms with E-state index in [0.29, 0.717) is 18.2 Å². The summed E-state index contributed by atoms with van der Waals surface area (Å²) in [7, 11) is -1.20. The van der Waals surface area contributed by atoms with Crippen LogP contribution in [0.3, 0.4) is 0 Å². The van der Waals surface area contributed by atoms with Gasteiger partial charge in [-0.25, -0.2) is 9.19 Å². The van der Waals surface area contributed by atoms with Gasteiger partial charge in [0, 0.05) is 29.3 Å². The number of nitrogens with zero attached hydrogens (tertiary/aromatic N) is 1. The quantitative estimate of drug-likeness (QED) is 0.560. The molecule has 0 bridgehead atoms. The molecule has 1 unspecified atom stereocenters. The summed E-state index contributed by atoms with van der Waals surface area (Å²) in [5.41, 5.74) is 12.1. The smallest absolute Gasteiger partial charge is 0.213 e. The predicted molar refractivity (Wildman–Crippen MR) is 103 cm³/mol. The van der Waals surface area contributed by atoms with Crippen molar-refractivity contribution >= 4 is 16.7 Å². The SMILES string of the molecule is Nc1c(-c2ccnc(OCCCCCS(N)=O)c2)ccc2c1CCC2. The Balaban J connectivity index is 1.61. The van der Waals surface area contributed by atoms with E-state index in [9.17, 15) is 4.21 Å². The minimum atomic E-state index is -1.20. The average molecular weight is 359 g/mol. The van der Waals surface area contributed by atoms with Crippen molar-refractivity contribution < 1.29 is 8.95 Å². The molecule has 5 nitrogen and oxygen atoms in total. The molecule has 1 atom stereocenters. The minimum absolute atomic E-state index is 0.547. The van der Waals surface area contributed by atoms with Gasteiger partial charge in [0.05, 0.1) is 17.6 Å². The Bertz CT molecular complexity index is 764. The van der Waals surface area contributed by atoms with Gasteiger partial charge in [0.2, 0.25) is 5.88 Å². The molecule has 0 saturated heterocycles. The molecular weight excluding hydrogens is 334 g/mol. The zero-order valence-electron chi connectivity index (χ0n) is 14.4. The summed E-state index contributed by atoms with van der Waals surface area (Å²) in [5.74, 6) is 1.16. The lowest BCUT2D eigenvalue weighted by molar-refractivity contribution is 0.295. The second-order valence-corrected chi connectivity index (χ2v) is 7.56. The van der Waals surface area contributed by atoms with E-state index in [2.05, 4.69) is 17.1 Å². The van der Waals surface area contributed by atoms with Crippen LogP contribution in [0.2, 0.25) is 0 Å². The molecule has 25 heavy (non-hydrogen) atoms. The summed E-state index contributed by atoms with van der Waals surface area (Å²) in [4.78, 5) is 4.28. The summed E-state index contributed by atoms with van der Waals surface area (Å²) in [6, 6.07) is 8.21. The molecule has 1 aliphatic rings. The first-order valence-corrected chi connectivity index (χ1v) is 10.2. The van der Waals surface area contributed by atoms with E-state index in [4.69, 9.17) is 15.6 Å². The molecule has 0 radical (unpaired) electrons. The number of hydrogen-bond donors (Lipinski definition) is 2. The lowest BCUT2D eigenvalue weighted by Crippen LogP contribution is -2.07. The van der Waals surface area contributed by atoms with Gasteiger partial charge in [-0.15, -0.1) is 0 Å². The zero-order chi connectivity index (χ0) is 17.6. The number of aryl methyl sites for hydroxylation is 1. The fourth-order valence-corrected chi connectivity index (χ4v) is 3.79. The first-order valence-electron chi connectivity index (χ1n) is 8.77. The first kappa shape index (κ1) is 17.9. The van der Waals surface area contributed by atoms with E-state index in [1.165, 1.54) is 17.5 Å². The molecule has 0 aliphatic heterocycles. The van der Waals surface area contributed by atoms with E-state index in [-0.39, 0.29) is 0 Å². The number of aromatic nitrogens is 1. The third-order valence-electron chi connectivity index (χ3n) is 4.61. The Morgan fingerprint density at radius 2 is 2.04 bits per heavy atom. The summed E-state index contributed by atoms with van der Waals surface area (Å²) in [6.45, 7) is 0.591. The minimum Gasteiger partial charge on any atom is -0.478 e. The molecule has 1 aromatic heterocycles. The van der Waals surface area contributed by atoms with Gasteiger partial charge in [-0.05, 0) is 61.3 Å². The monoisotopic (exact) mass is 359 g/mol. The highest BCUT2D eigenvalue weighted by atomic mass is 32.2. The van der Waals surface area contributed by atoms with Crippen LogP contribution in [0.15, 0.2) is 30.5 Å². The van der Waals surface area contributed by atoms with Gasteiger partial charge >= 0.3 is 0 Å². The number of pyridine rings is 1. The highest BCUT2D eigenvalue weighted by molar-refractivity contribution is 7.82. The standard InChI is InChI=1S/C19H25N3O2S/c20-19-16-6-4-5-14(16)7-8-17(19)15-9-10-22-18(13-15)24-11-2-1-3-12-25(21)23/h7-10,13H,1-6,11-12,20-21H2. The number of fused-ring (bicyclic) bond motifs is 1. The van der Waals surface area contributed by atoms with Crippen molar-refractivity contribution in [2.75, 3.05) is 18.1 Å². The Morgan fingerprint density at radius 3 is 2.88 bits per heavy atom. The number of hydrogen-bond acceptors (Lipinski definition) is 4. The summed E-state index contributed by atoms with van der Waals surface area (Å²) in [5, 5.41) is 5.24. The first-order chi connectivity index (χ1) is 12.1. The number of benzene rings is 1. The van der Waals surface area contributed by atoms with Crippen molar-refractivity contribution in [3.63, 3.8) is 0 Å². The van der Waals surface area contributed by atoms with Gasteiger partial charge in [0.1, 0.15) is 0 Å². The molecule has 134 valence electrons. The number of ether oxygens (including phenoxy) is 1. The number of unbranched alkanes of at least 4 members (excludes halogenated alkanes) is 2. The molecule has 1 heterocycles. The maximum atomic E-state index is 10.8. The molecular formula is C19H25N3O2S. The van der Waals surface area contributed by atoms with Crippen LogP contribution in [-0.4, -0.2) is 21.6 Å². The van der Waals surface area contributed by atoms with Crippen LogP contribution in [0.5, 0.6) is 5.88 Å². The molecule has 0 amide bonds. The molecule has 1 aromatic carbocycles. The normalized spacial score (nSPS) is 14.3. The van der Waals surface area contributed by atoms with Crippen LogP contribution < -0.4 is 15.6 Å². The molecule has 0 spiro atoms. The lowest BCUT2D eigenvalue weighted by atomic mass is 9.98. The third kappa shape index (κ3) is 4.58. The molecule has 4 N–H and O–H groups in total. The topological polar surface area (TPSA) is 91.2 Å². The maximum absolute atomic E-state index is 10.8. The lowest BCUT2D eigenvalue weighted by Gasteiger charge is -2.12. The van der Waals surface area contributed by atoms with Crippen LogP contribution in [-0.2, 0) is 23.8 Å². The largest absolute Gasteiger partial charge is 0.478 e. The molecule has 1 aliphatic carbocycles. The third-order valence-corrected chi connectivity index (χ3v) is 5.30. The van der Waals surface area contributed by atoms with Crippen LogP contribution in [0.1, 0.15) is 36.8 Å². The number of nitrogens with two attached hydrogens (primary N) is 2. The Hall–Kier alpha value is -1.92. The van der Waals surface area contributed by atoms with Gasteiger partial charge in [0.15, 0.2) is 0 Å². The van der Waals surface area contributed by atoms with E-state index < -0.39 is 11.0 Å². The fourth-order valence-electron chi connectivity index (χ4n) is 3.30. The second-order valence-electron chi connectivity index (χ2n) is 6.39. The molecule has 2 aromatic rings. The Labute approximate surface area is 151 Å². The van der Waals surface area contributed by atoms with Crippen molar-refractivity contribution in [3.05, 3.63) is 41.6 Å². The van der Waals surface area contributed by atoms with Crippen molar-refractivity contribution in [3.8, 4) is 17.0 Å². The predicted octanol–water partition coefficient (Wildman–Crippen LogP) is 2.99. The van der Waals surface area contributed by atoms with Gasteiger partial charge in [-0.3, -0.25) is 5.14 Å². The zero-order valence-corrected chi connectivity index (χ0v) is 15.2. The average Bonchev–Trinajstić information content (AvgIpc) is 3.08. The van der Waals surface area contributed by atoms with Crippen LogP contribution in [0, 0.1) is 0 Å². The highest BCUT2D eigenvalue weighted by Gasteiger charge is 2.17. The van der Waals surface area contributed by atoms with Gasteiger partial charge in [0.25, 0.3) is 0 Å².